The maximum atomic E-state index is 12.1. The Morgan fingerprint density at radius 1 is 1.00 bits per heavy atom. The third-order valence-electron chi connectivity index (χ3n) is 4.97. The minimum Gasteiger partial charge on any atom is -0.481 e. The number of amides is 2. The van der Waals surface area contributed by atoms with E-state index in [9.17, 15) is 9.59 Å². The lowest BCUT2D eigenvalue weighted by atomic mass is 10.2. The second kappa shape index (κ2) is 11.0. The lowest BCUT2D eigenvalue weighted by molar-refractivity contribution is -0.132. The Morgan fingerprint density at radius 2 is 1.67 bits per heavy atom. The van der Waals surface area contributed by atoms with Gasteiger partial charge in [-0.15, -0.1) is 0 Å². The summed E-state index contributed by atoms with van der Waals surface area (Å²) in [5, 5.41) is 0. The first-order valence-corrected chi connectivity index (χ1v) is 10.8. The van der Waals surface area contributed by atoms with E-state index in [2.05, 4.69) is 48.7 Å². The van der Waals surface area contributed by atoms with Crippen molar-refractivity contribution in [2.75, 3.05) is 37.6 Å². The van der Waals surface area contributed by atoms with Crippen molar-refractivity contribution in [2.45, 2.75) is 19.4 Å². The van der Waals surface area contributed by atoms with Gasteiger partial charge in [0.15, 0.2) is 6.10 Å². The molecule has 2 aromatic carbocycles. The summed E-state index contributed by atoms with van der Waals surface area (Å²) in [5.41, 5.74) is 6.13. The number of ether oxygens (including phenoxy) is 1. The van der Waals surface area contributed by atoms with Gasteiger partial charge >= 0.3 is 0 Å². The molecule has 1 heterocycles. The molecule has 7 nitrogen and oxygen atoms in total. The molecule has 0 unspecified atom stereocenters. The first-order valence-electron chi connectivity index (χ1n) is 10.0. The Kier molecular flexibility index (Phi) is 8.10. The number of carbonyl (C=O) groups excluding carboxylic acids is 2. The Hall–Kier alpha value is -2.58. The van der Waals surface area contributed by atoms with Crippen molar-refractivity contribution in [3.63, 3.8) is 0 Å². The summed E-state index contributed by atoms with van der Waals surface area (Å²) < 4.78 is 6.50. The number of halogens is 1. The van der Waals surface area contributed by atoms with E-state index in [1.54, 1.807) is 19.1 Å². The van der Waals surface area contributed by atoms with E-state index < -0.39 is 12.0 Å². The summed E-state index contributed by atoms with van der Waals surface area (Å²) in [5.74, 6) is -0.0331. The smallest absolute Gasteiger partial charge is 0.279 e. The van der Waals surface area contributed by atoms with Crippen LogP contribution < -0.4 is 20.5 Å². The van der Waals surface area contributed by atoms with E-state index >= 15 is 0 Å². The van der Waals surface area contributed by atoms with E-state index in [1.807, 2.05) is 30.3 Å². The van der Waals surface area contributed by atoms with Gasteiger partial charge < -0.3 is 9.64 Å². The minimum absolute atomic E-state index is 0.218. The molecule has 0 bridgehead atoms. The molecule has 1 aliphatic rings. The van der Waals surface area contributed by atoms with Crippen molar-refractivity contribution >= 4 is 33.4 Å². The Bertz CT molecular complexity index is 824. The van der Waals surface area contributed by atoms with E-state index in [4.69, 9.17) is 4.74 Å². The monoisotopic (exact) mass is 474 g/mol. The van der Waals surface area contributed by atoms with Gasteiger partial charge in [0.1, 0.15) is 5.75 Å². The molecule has 1 fully saturated rings. The number of carbonyl (C=O) groups is 2. The van der Waals surface area contributed by atoms with Crippen LogP contribution in [0, 0.1) is 0 Å². The fraction of sp³-hybridized carbons (Fsp3) is 0.364. The molecule has 0 aromatic heterocycles. The summed E-state index contributed by atoms with van der Waals surface area (Å²) in [4.78, 5) is 28.8. The van der Waals surface area contributed by atoms with E-state index in [-0.39, 0.29) is 5.91 Å². The fourth-order valence-electron chi connectivity index (χ4n) is 3.19. The van der Waals surface area contributed by atoms with Gasteiger partial charge in [-0.2, -0.15) is 0 Å². The van der Waals surface area contributed by atoms with Gasteiger partial charge in [-0.3, -0.25) is 25.3 Å². The maximum absolute atomic E-state index is 12.1. The molecule has 2 aromatic rings. The summed E-state index contributed by atoms with van der Waals surface area (Å²) in [7, 11) is 0. The van der Waals surface area contributed by atoms with Crippen LogP contribution in [0.5, 0.6) is 5.75 Å². The molecule has 8 heteroatoms. The van der Waals surface area contributed by atoms with Gasteiger partial charge in [0.2, 0.25) is 5.91 Å². The number of nitrogens with one attached hydrogen (secondary N) is 2. The molecule has 0 saturated carbocycles. The SMILES string of the molecule is C[C@@H](Oc1ccc(Br)cc1)C(=O)NNC(=O)CCN1CCN(c2ccccc2)CC1. The number of benzene rings is 2. The molecule has 0 spiro atoms. The maximum Gasteiger partial charge on any atom is 0.279 e. The van der Waals surface area contributed by atoms with Gasteiger partial charge in [0.25, 0.3) is 5.91 Å². The Balaban J connectivity index is 1.32. The van der Waals surface area contributed by atoms with Gasteiger partial charge in [0, 0.05) is 49.3 Å². The highest BCUT2D eigenvalue weighted by molar-refractivity contribution is 9.10. The Morgan fingerprint density at radius 3 is 2.33 bits per heavy atom. The van der Waals surface area contributed by atoms with Crippen molar-refractivity contribution in [1.29, 1.82) is 0 Å². The molecule has 1 atom stereocenters. The van der Waals surface area contributed by atoms with Crippen LogP contribution in [-0.2, 0) is 9.59 Å². The van der Waals surface area contributed by atoms with Gasteiger partial charge in [-0.05, 0) is 43.3 Å². The average molecular weight is 475 g/mol. The Labute approximate surface area is 185 Å². The highest BCUT2D eigenvalue weighted by atomic mass is 79.9. The largest absolute Gasteiger partial charge is 0.481 e. The van der Waals surface area contributed by atoms with Crippen molar-refractivity contribution in [1.82, 2.24) is 15.8 Å². The predicted molar refractivity (Wildman–Crippen MR) is 120 cm³/mol. The van der Waals surface area contributed by atoms with Crippen LogP contribution in [0.15, 0.2) is 59.1 Å². The zero-order chi connectivity index (χ0) is 21.3. The van der Waals surface area contributed by atoms with Crippen molar-refractivity contribution in [3.8, 4) is 5.75 Å². The molecule has 0 radical (unpaired) electrons. The molecular formula is C22H27BrN4O3. The minimum atomic E-state index is -0.725. The van der Waals surface area contributed by atoms with Crippen molar-refractivity contribution < 1.29 is 14.3 Å². The topological polar surface area (TPSA) is 73.9 Å². The molecule has 2 amide bonds. The summed E-state index contributed by atoms with van der Waals surface area (Å²) in [6.45, 7) is 5.99. The number of hydrogen-bond acceptors (Lipinski definition) is 5. The van der Waals surface area contributed by atoms with Crippen LogP contribution in [-0.4, -0.2) is 55.5 Å². The lowest BCUT2D eigenvalue weighted by Gasteiger charge is -2.36. The van der Waals surface area contributed by atoms with Crippen LogP contribution in [0.4, 0.5) is 5.69 Å². The number of hydrogen-bond donors (Lipinski definition) is 2. The van der Waals surface area contributed by atoms with Crippen LogP contribution >= 0.6 is 15.9 Å². The van der Waals surface area contributed by atoms with Gasteiger partial charge in [-0.1, -0.05) is 34.1 Å². The number of piperazine rings is 1. The van der Waals surface area contributed by atoms with Crippen LogP contribution in [0.2, 0.25) is 0 Å². The third kappa shape index (κ3) is 6.74. The van der Waals surface area contributed by atoms with Crippen LogP contribution in [0.25, 0.3) is 0 Å². The number of hydrazine groups is 1. The number of nitrogens with zero attached hydrogens (tertiary/aromatic N) is 2. The predicted octanol–water partition coefficient (Wildman–Crippen LogP) is 2.58. The second-order valence-electron chi connectivity index (χ2n) is 7.17. The van der Waals surface area contributed by atoms with Crippen molar-refractivity contribution in [3.05, 3.63) is 59.1 Å². The van der Waals surface area contributed by atoms with Crippen molar-refractivity contribution in [2.24, 2.45) is 0 Å². The van der Waals surface area contributed by atoms with Crippen LogP contribution in [0.3, 0.4) is 0 Å². The van der Waals surface area contributed by atoms with Crippen LogP contribution in [0.1, 0.15) is 13.3 Å². The van der Waals surface area contributed by atoms with E-state index in [0.29, 0.717) is 18.7 Å². The second-order valence-corrected chi connectivity index (χ2v) is 8.08. The fourth-order valence-corrected chi connectivity index (χ4v) is 3.46. The van der Waals surface area contributed by atoms with Gasteiger partial charge in [-0.25, -0.2) is 0 Å². The molecule has 0 aliphatic carbocycles. The number of rotatable bonds is 7. The summed E-state index contributed by atoms with van der Waals surface area (Å²) in [6.07, 6.45) is -0.398. The number of para-hydroxylation sites is 1. The first-order chi connectivity index (χ1) is 14.5. The molecular weight excluding hydrogens is 448 g/mol. The lowest BCUT2D eigenvalue weighted by Crippen LogP contribution is -2.49. The van der Waals surface area contributed by atoms with E-state index in [1.165, 1.54) is 5.69 Å². The van der Waals surface area contributed by atoms with Gasteiger partial charge in [0.05, 0.1) is 0 Å². The highest BCUT2D eigenvalue weighted by Gasteiger charge is 2.19. The zero-order valence-corrected chi connectivity index (χ0v) is 18.6. The molecule has 160 valence electrons. The normalized spacial score (nSPS) is 15.3. The summed E-state index contributed by atoms with van der Waals surface area (Å²) >= 11 is 3.35. The molecule has 1 aliphatic heterocycles. The zero-order valence-electron chi connectivity index (χ0n) is 17.0. The molecule has 2 N–H and O–H groups in total. The third-order valence-corrected chi connectivity index (χ3v) is 5.50. The molecule has 3 rings (SSSR count). The quantitative estimate of drug-likeness (QED) is 0.603. The van der Waals surface area contributed by atoms with E-state index in [0.717, 1.165) is 30.7 Å². The summed E-state index contributed by atoms with van der Waals surface area (Å²) in [6, 6.07) is 17.6. The molecule has 1 saturated heterocycles. The first kappa shape index (κ1) is 22.1. The number of anilines is 1. The molecule has 30 heavy (non-hydrogen) atoms. The standard InChI is InChI=1S/C22H27BrN4O3/c1-17(30-20-9-7-18(23)8-10-20)22(29)25-24-21(28)11-12-26-13-15-27(16-14-26)19-5-3-2-4-6-19/h2-10,17H,11-16H2,1H3,(H,24,28)(H,25,29)/t17-/m1/s1. The average Bonchev–Trinajstić information content (AvgIpc) is 2.78. The highest BCUT2D eigenvalue weighted by Crippen LogP contribution is 2.17.